The van der Waals surface area contributed by atoms with Gasteiger partial charge in [0.1, 0.15) is 11.7 Å². The maximum Gasteiger partial charge on any atom is 0.450 e. The van der Waals surface area contributed by atoms with Gasteiger partial charge in [-0.15, -0.1) is 5.10 Å². The van der Waals surface area contributed by atoms with Crippen LogP contribution in [-0.4, -0.2) is 24.7 Å². The van der Waals surface area contributed by atoms with E-state index in [9.17, 15) is 18.4 Å². The molecule has 4 rings (SSSR count). The van der Waals surface area contributed by atoms with Crippen molar-refractivity contribution in [2.45, 2.75) is 13.1 Å². The molecule has 0 bridgehead atoms. The van der Waals surface area contributed by atoms with Gasteiger partial charge in [0.05, 0.1) is 17.3 Å². The van der Waals surface area contributed by atoms with Gasteiger partial charge in [-0.1, -0.05) is 5.10 Å². The maximum absolute atomic E-state index is 13.4. The standard InChI is InChI=1S/C14H9F3N6O/c1-7-2-3-10-12(19-7)23(13(20-10)14(15,16)17)9-4-8-5-18-21-11(8)22(24)6-9/h2-6H,1H3,(H,18,21). The number of fused-ring (bicyclic) bond motifs is 2. The van der Waals surface area contributed by atoms with E-state index in [-0.39, 0.29) is 22.5 Å². The van der Waals surface area contributed by atoms with E-state index in [1.54, 1.807) is 13.0 Å². The lowest BCUT2D eigenvalue weighted by molar-refractivity contribution is -0.578. The SMILES string of the molecule is Cc1ccc2nc(C(F)(F)F)n(-c3cc4cn[nH]c4[n+]([O-])c3)c2n1. The van der Waals surface area contributed by atoms with Crippen LogP contribution in [0.3, 0.4) is 0 Å². The summed E-state index contributed by atoms with van der Waals surface area (Å²) in [5.74, 6) is -1.14. The Hall–Kier alpha value is -3.17. The van der Waals surface area contributed by atoms with E-state index in [0.29, 0.717) is 15.8 Å². The van der Waals surface area contributed by atoms with E-state index in [0.717, 1.165) is 10.8 Å². The number of nitrogens with one attached hydrogen (secondary N) is 1. The van der Waals surface area contributed by atoms with E-state index in [1.165, 1.54) is 18.3 Å². The van der Waals surface area contributed by atoms with Gasteiger partial charge in [0.25, 0.3) is 0 Å². The molecule has 24 heavy (non-hydrogen) atoms. The fourth-order valence-electron chi connectivity index (χ4n) is 2.56. The monoisotopic (exact) mass is 334 g/mol. The van der Waals surface area contributed by atoms with E-state index in [2.05, 4.69) is 20.2 Å². The van der Waals surface area contributed by atoms with Gasteiger partial charge in [-0.3, -0.25) is 4.57 Å². The Balaban J connectivity index is 2.11. The van der Waals surface area contributed by atoms with Gasteiger partial charge < -0.3 is 5.21 Å². The second kappa shape index (κ2) is 4.66. The average Bonchev–Trinajstić information content (AvgIpc) is 3.10. The first-order chi connectivity index (χ1) is 11.3. The number of hydrogen-bond donors (Lipinski definition) is 1. The Kier molecular flexibility index (Phi) is 2.80. The summed E-state index contributed by atoms with van der Waals surface area (Å²) < 4.78 is 41.5. The quantitative estimate of drug-likeness (QED) is 0.427. The number of rotatable bonds is 1. The Morgan fingerprint density at radius 1 is 1.25 bits per heavy atom. The molecule has 0 fully saturated rings. The van der Waals surface area contributed by atoms with Gasteiger partial charge >= 0.3 is 11.8 Å². The number of nitrogens with zero attached hydrogens (tertiary/aromatic N) is 5. The molecule has 0 atom stereocenters. The highest BCUT2D eigenvalue weighted by Crippen LogP contribution is 2.33. The van der Waals surface area contributed by atoms with Crippen molar-refractivity contribution in [2.24, 2.45) is 0 Å². The van der Waals surface area contributed by atoms with Crippen LogP contribution in [0.25, 0.3) is 27.9 Å². The van der Waals surface area contributed by atoms with Crippen LogP contribution in [0.5, 0.6) is 0 Å². The molecule has 1 N–H and O–H groups in total. The highest BCUT2D eigenvalue weighted by atomic mass is 19.4. The fraction of sp³-hybridized carbons (Fsp3) is 0.143. The van der Waals surface area contributed by atoms with Crippen molar-refractivity contribution in [3.8, 4) is 5.69 Å². The Morgan fingerprint density at radius 3 is 2.79 bits per heavy atom. The molecule has 4 heterocycles. The molecule has 0 unspecified atom stereocenters. The lowest BCUT2D eigenvalue weighted by Crippen LogP contribution is -2.28. The van der Waals surface area contributed by atoms with Crippen LogP contribution in [0.1, 0.15) is 11.5 Å². The number of pyridine rings is 2. The molecule has 0 saturated heterocycles. The van der Waals surface area contributed by atoms with Crippen LogP contribution in [0, 0.1) is 12.1 Å². The molecule has 0 aliphatic carbocycles. The predicted octanol–water partition coefficient (Wildman–Crippen LogP) is 2.26. The zero-order chi connectivity index (χ0) is 17.1. The molecule has 0 saturated carbocycles. The summed E-state index contributed by atoms with van der Waals surface area (Å²) in [5.41, 5.74) is 0.826. The third-order valence-corrected chi connectivity index (χ3v) is 3.58. The summed E-state index contributed by atoms with van der Waals surface area (Å²) in [7, 11) is 0. The third-order valence-electron chi connectivity index (χ3n) is 3.58. The summed E-state index contributed by atoms with van der Waals surface area (Å²) in [6.07, 6.45) is -2.31. The molecule has 4 aromatic heterocycles. The summed E-state index contributed by atoms with van der Waals surface area (Å²) in [5, 5.41) is 18.6. The smallest absolute Gasteiger partial charge is 0.450 e. The average molecular weight is 334 g/mol. The molecule has 0 spiro atoms. The Labute approximate surface area is 132 Å². The van der Waals surface area contributed by atoms with E-state index in [1.807, 2.05) is 0 Å². The first-order valence-corrected chi connectivity index (χ1v) is 6.84. The number of alkyl halides is 3. The summed E-state index contributed by atoms with van der Waals surface area (Å²) in [6, 6.07) is 4.46. The molecule has 0 aromatic carbocycles. The highest BCUT2D eigenvalue weighted by Gasteiger charge is 2.38. The van der Waals surface area contributed by atoms with Crippen molar-refractivity contribution in [3.63, 3.8) is 0 Å². The van der Waals surface area contributed by atoms with Crippen LogP contribution in [-0.2, 0) is 6.18 Å². The number of imidazole rings is 1. The molecular formula is C14H9F3N6O. The maximum atomic E-state index is 13.4. The minimum atomic E-state index is -4.70. The zero-order valence-electron chi connectivity index (χ0n) is 12.2. The topological polar surface area (TPSA) is 86.3 Å². The van der Waals surface area contributed by atoms with Gasteiger partial charge in [-0.05, 0) is 25.1 Å². The normalized spacial score (nSPS) is 12.3. The first-order valence-electron chi connectivity index (χ1n) is 6.84. The number of aromatic amines is 1. The molecule has 0 amide bonds. The van der Waals surface area contributed by atoms with Crippen molar-refractivity contribution < 1.29 is 17.9 Å². The van der Waals surface area contributed by atoms with Crippen LogP contribution >= 0.6 is 0 Å². The van der Waals surface area contributed by atoms with Crippen molar-refractivity contribution in [3.05, 3.63) is 47.3 Å². The number of hydrogen-bond acceptors (Lipinski definition) is 4. The molecule has 0 radical (unpaired) electrons. The summed E-state index contributed by atoms with van der Waals surface area (Å²) in [4.78, 5) is 7.79. The van der Waals surface area contributed by atoms with Crippen molar-refractivity contribution in [1.29, 1.82) is 0 Å². The number of halogens is 3. The number of H-pyrrole nitrogens is 1. The van der Waals surface area contributed by atoms with Gasteiger partial charge in [0.2, 0.25) is 5.82 Å². The fourth-order valence-corrected chi connectivity index (χ4v) is 2.56. The molecule has 122 valence electrons. The van der Waals surface area contributed by atoms with Crippen molar-refractivity contribution in [2.75, 3.05) is 0 Å². The van der Waals surface area contributed by atoms with Crippen molar-refractivity contribution in [1.82, 2.24) is 24.7 Å². The molecule has 0 aliphatic rings. The number of aryl methyl sites for hydroxylation is 1. The van der Waals surface area contributed by atoms with E-state index < -0.39 is 12.0 Å². The molecule has 10 heteroatoms. The van der Waals surface area contributed by atoms with Gasteiger partial charge in [0, 0.05) is 5.69 Å². The summed E-state index contributed by atoms with van der Waals surface area (Å²) >= 11 is 0. The highest BCUT2D eigenvalue weighted by molar-refractivity contribution is 5.77. The Bertz CT molecular complexity index is 1080. The second-order valence-corrected chi connectivity index (χ2v) is 5.26. The zero-order valence-corrected chi connectivity index (χ0v) is 12.2. The van der Waals surface area contributed by atoms with Gasteiger partial charge in [0.15, 0.2) is 5.65 Å². The Morgan fingerprint density at radius 2 is 2.04 bits per heavy atom. The molecule has 7 nitrogen and oxygen atoms in total. The lowest BCUT2D eigenvalue weighted by atomic mass is 10.3. The van der Waals surface area contributed by atoms with Crippen LogP contribution in [0.2, 0.25) is 0 Å². The van der Waals surface area contributed by atoms with Gasteiger partial charge in [-0.25, -0.2) is 14.7 Å². The van der Waals surface area contributed by atoms with E-state index in [4.69, 9.17) is 0 Å². The minimum Gasteiger partial charge on any atom is -0.710 e. The third kappa shape index (κ3) is 2.07. The molecular weight excluding hydrogens is 325 g/mol. The number of aromatic nitrogens is 6. The minimum absolute atomic E-state index is 0.00632. The largest absolute Gasteiger partial charge is 0.710 e. The van der Waals surface area contributed by atoms with Crippen molar-refractivity contribution >= 4 is 22.2 Å². The predicted molar refractivity (Wildman–Crippen MR) is 77.2 cm³/mol. The first kappa shape index (κ1) is 14.4. The van der Waals surface area contributed by atoms with Crippen LogP contribution < -0.4 is 4.73 Å². The van der Waals surface area contributed by atoms with E-state index >= 15 is 0 Å². The molecule has 0 aliphatic heterocycles. The van der Waals surface area contributed by atoms with Gasteiger partial charge in [-0.2, -0.15) is 13.2 Å². The van der Waals surface area contributed by atoms with Crippen LogP contribution in [0.15, 0.2) is 30.6 Å². The molecule has 4 aromatic rings. The van der Waals surface area contributed by atoms with Crippen LogP contribution in [0.4, 0.5) is 13.2 Å². The summed E-state index contributed by atoms with van der Waals surface area (Å²) in [6.45, 7) is 1.66. The lowest BCUT2D eigenvalue weighted by Gasteiger charge is -2.12. The second-order valence-electron chi connectivity index (χ2n) is 5.26.